The lowest BCUT2D eigenvalue weighted by Crippen LogP contribution is -2.46. The van der Waals surface area contributed by atoms with Crippen LogP contribution in [-0.4, -0.2) is 24.0 Å². The van der Waals surface area contributed by atoms with Crippen LogP contribution in [0.5, 0.6) is 0 Å². The van der Waals surface area contributed by atoms with Crippen LogP contribution in [0.15, 0.2) is 42.5 Å². The van der Waals surface area contributed by atoms with E-state index in [0.29, 0.717) is 25.9 Å². The van der Waals surface area contributed by atoms with Crippen molar-refractivity contribution in [3.05, 3.63) is 65.5 Å². The third-order valence-corrected chi connectivity index (χ3v) is 4.72. The number of nitrogens with zero attached hydrogens (tertiary/aromatic N) is 2. The summed E-state index contributed by atoms with van der Waals surface area (Å²) in [7, 11) is 0. The predicted octanol–water partition coefficient (Wildman–Crippen LogP) is 4.19. The molecular weight excluding hydrogens is 343 g/mol. The molecule has 2 amide bonds. The molecule has 134 valence electrons. The summed E-state index contributed by atoms with van der Waals surface area (Å²) in [6.45, 7) is 0.583. The summed E-state index contributed by atoms with van der Waals surface area (Å²) in [5.41, 5.74) is -0.200. The molecule has 0 aromatic heterocycles. The Hall–Kier alpha value is -3.01. The van der Waals surface area contributed by atoms with Gasteiger partial charge in [0.05, 0.1) is 17.2 Å². The smallest absolute Gasteiger partial charge is 0.321 e. The highest BCUT2D eigenvalue weighted by Gasteiger charge is 2.37. The Balaban J connectivity index is 1.69. The largest absolute Gasteiger partial charge is 0.324 e. The second kappa shape index (κ2) is 7.08. The maximum atomic E-state index is 13.7. The van der Waals surface area contributed by atoms with Crippen molar-refractivity contribution in [2.45, 2.75) is 18.3 Å². The van der Waals surface area contributed by atoms with E-state index in [2.05, 4.69) is 11.4 Å². The van der Waals surface area contributed by atoms with Gasteiger partial charge in [-0.05, 0) is 30.5 Å². The number of nitrogens with one attached hydrogen (secondary N) is 1. The van der Waals surface area contributed by atoms with Crippen molar-refractivity contribution in [3.63, 3.8) is 0 Å². The highest BCUT2D eigenvalue weighted by atomic mass is 19.2. The van der Waals surface area contributed by atoms with Crippen molar-refractivity contribution in [2.24, 2.45) is 0 Å². The Kier molecular flexibility index (Phi) is 4.85. The van der Waals surface area contributed by atoms with Gasteiger partial charge in [-0.15, -0.1) is 0 Å². The molecule has 0 atom stereocenters. The van der Waals surface area contributed by atoms with Crippen LogP contribution in [0.4, 0.5) is 23.7 Å². The summed E-state index contributed by atoms with van der Waals surface area (Å²) < 4.78 is 39.9. The maximum Gasteiger partial charge on any atom is 0.321 e. The molecule has 2 aromatic rings. The molecule has 0 unspecified atom stereocenters. The van der Waals surface area contributed by atoms with Gasteiger partial charge in [0.25, 0.3) is 0 Å². The number of amides is 2. The molecule has 1 aliphatic rings. The summed E-state index contributed by atoms with van der Waals surface area (Å²) in [5.74, 6) is -4.39. The van der Waals surface area contributed by atoms with E-state index in [1.807, 2.05) is 30.3 Å². The number of halogens is 3. The number of rotatable bonds is 2. The van der Waals surface area contributed by atoms with Crippen molar-refractivity contribution in [1.29, 1.82) is 5.26 Å². The Labute approximate surface area is 148 Å². The first-order chi connectivity index (χ1) is 12.5. The highest BCUT2D eigenvalue weighted by molar-refractivity contribution is 5.89. The van der Waals surface area contributed by atoms with Crippen LogP contribution in [0.25, 0.3) is 0 Å². The second-order valence-electron chi connectivity index (χ2n) is 6.20. The van der Waals surface area contributed by atoms with Crippen molar-refractivity contribution >= 4 is 11.7 Å². The minimum absolute atomic E-state index is 0.291. The topological polar surface area (TPSA) is 56.1 Å². The molecule has 1 aliphatic heterocycles. The van der Waals surface area contributed by atoms with Gasteiger partial charge >= 0.3 is 6.03 Å². The lowest BCUT2D eigenvalue weighted by atomic mass is 9.74. The van der Waals surface area contributed by atoms with E-state index < -0.39 is 34.6 Å². The first kappa shape index (κ1) is 17.8. The molecule has 3 rings (SSSR count). The van der Waals surface area contributed by atoms with Gasteiger partial charge in [-0.1, -0.05) is 30.3 Å². The third kappa shape index (κ3) is 3.23. The van der Waals surface area contributed by atoms with Gasteiger partial charge in [0.15, 0.2) is 17.5 Å². The van der Waals surface area contributed by atoms with Crippen molar-refractivity contribution in [1.82, 2.24) is 4.90 Å². The van der Waals surface area contributed by atoms with Crippen molar-refractivity contribution in [2.75, 3.05) is 18.4 Å². The van der Waals surface area contributed by atoms with Crippen LogP contribution in [0.2, 0.25) is 0 Å². The van der Waals surface area contributed by atoms with Crippen LogP contribution < -0.4 is 5.32 Å². The Morgan fingerprint density at radius 1 is 1.04 bits per heavy atom. The quantitative estimate of drug-likeness (QED) is 0.818. The maximum absolute atomic E-state index is 13.7. The molecule has 0 bridgehead atoms. The average Bonchev–Trinajstić information content (AvgIpc) is 2.69. The van der Waals surface area contributed by atoms with Crippen molar-refractivity contribution < 1.29 is 18.0 Å². The minimum atomic E-state index is -1.63. The number of hydrogen-bond acceptors (Lipinski definition) is 2. The van der Waals surface area contributed by atoms with Gasteiger partial charge in [-0.2, -0.15) is 5.26 Å². The van der Waals surface area contributed by atoms with Crippen LogP contribution in [0.3, 0.4) is 0 Å². The normalized spacial score (nSPS) is 16.0. The van der Waals surface area contributed by atoms with Gasteiger partial charge in [0.2, 0.25) is 0 Å². The molecule has 1 N–H and O–H groups in total. The molecule has 1 fully saturated rings. The standard InChI is InChI=1S/C19H16F3N3O/c20-14-6-7-15(17(22)16(14)21)24-18(26)25-10-8-19(12-23,9-11-25)13-4-2-1-3-5-13/h1-7H,8-11H2,(H,24,26). The number of carbonyl (C=O) groups is 1. The fraction of sp³-hybridized carbons (Fsp3) is 0.263. The number of anilines is 1. The molecule has 0 saturated carbocycles. The number of piperidine rings is 1. The highest BCUT2D eigenvalue weighted by Crippen LogP contribution is 2.35. The summed E-state index contributed by atoms with van der Waals surface area (Å²) >= 11 is 0. The monoisotopic (exact) mass is 359 g/mol. The predicted molar refractivity (Wildman–Crippen MR) is 89.9 cm³/mol. The first-order valence-corrected chi connectivity index (χ1v) is 8.13. The second-order valence-corrected chi connectivity index (χ2v) is 6.20. The molecular formula is C19H16F3N3O. The zero-order valence-electron chi connectivity index (χ0n) is 13.8. The SMILES string of the molecule is N#CC1(c2ccccc2)CCN(C(=O)Nc2ccc(F)c(F)c2F)CC1. The zero-order valence-corrected chi connectivity index (χ0v) is 13.8. The number of likely N-dealkylation sites (tertiary alicyclic amines) is 1. The third-order valence-electron chi connectivity index (χ3n) is 4.72. The molecule has 1 saturated heterocycles. The van der Waals surface area contributed by atoms with E-state index in [4.69, 9.17) is 0 Å². The van der Waals surface area contributed by atoms with Crippen LogP contribution in [0.1, 0.15) is 18.4 Å². The van der Waals surface area contributed by atoms with E-state index in [1.54, 1.807) is 0 Å². The number of nitriles is 1. The van der Waals surface area contributed by atoms with Gasteiger partial charge in [0.1, 0.15) is 0 Å². The van der Waals surface area contributed by atoms with E-state index in [-0.39, 0.29) is 0 Å². The molecule has 0 aliphatic carbocycles. The lowest BCUT2D eigenvalue weighted by molar-refractivity contribution is 0.183. The molecule has 0 spiro atoms. The average molecular weight is 359 g/mol. The number of benzene rings is 2. The Morgan fingerprint density at radius 3 is 2.31 bits per heavy atom. The number of hydrogen-bond donors (Lipinski definition) is 1. The molecule has 0 radical (unpaired) electrons. The van der Waals surface area contributed by atoms with Crippen molar-refractivity contribution in [3.8, 4) is 6.07 Å². The van der Waals surface area contributed by atoms with Gasteiger partial charge in [-0.25, -0.2) is 18.0 Å². The van der Waals surface area contributed by atoms with E-state index >= 15 is 0 Å². The zero-order chi connectivity index (χ0) is 18.7. The summed E-state index contributed by atoms with van der Waals surface area (Å²) in [6.07, 6.45) is 0.863. The molecule has 2 aromatic carbocycles. The minimum Gasteiger partial charge on any atom is -0.324 e. The molecule has 1 heterocycles. The van der Waals surface area contributed by atoms with Gasteiger partial charge in [-0.3, -0.25) is 0 Å². The number of carbonyl (C=O) groups excluding carboxylic acids is 1. The van der Waals surface area contributed by atoms with E-state index in [1.165, 1.54) is 4.90 Å². The fourth-order valence-electron chi connectivity index (χ4n) is 3.13. The van der Waals surface area contributed by atoms with Crippen LogP contribution in [-0.2, 0) is 5.41 Å². The molecule has 7 heteroatoms. The van der Waals surface area contributed by atoms with Crippen LogP contribution >= 0.6 is 0 Å². The van der Waals surface area contributed by atoms with Gasteiger partial charge < -0.3 is 10.2 Å². The lowest BCUT2D eigenvalue weighted by Gasteiger charge is -2.37. The summed E-state index contributed by atoms with van der Waals surface area (Å²) in [4.78, 5) is 13.7. The first-order valence-electron chi connectivity index (χ1n) is 8.13. The Morgan fingerprint density at radius 2 is 1.69 bits per heavy atom. The van der Waals surface area contributed by atoms with E-state index in [0.717, 1.165) is 17.7 Å². The fourth-order valence-corrected chi connectivity index (χ4v) is 3.13. The summed E-state index contributed by atoms with van der Waals surface area (Å²) in [5, 5.41) is 11.9. The summed E-state index contributed by atoms with van der Waals surface area (Å²) in [6, 6.07) is 12.8. The van der Waals surface area contributed by atoms with E-state index in [9.17, 15) is 23.2 Å². The van der Waals surface area contributed by atoms with Crippen LogP contribution in [0, 0.1) is 28.8 Å². The van der Waals surface area contributed by atoms with Gasteiger partial charge in [0, 0.05) is 13.1 Å². The Bertz CT molecular complexity index is 856. The number of urea groups is 1. The molecule has 4 nitrogen and oxygen atoms in total. The molecule has 26 heavy (non-hydrogen) atoms.